The summed E-state index contributed by atoms with van der Waals surface area (Å²) in [6.45, 7) is 14.4. The minimum Gasteiger partial charge on any atom is -0.461 e. The minimum absolute atomic E-state index is 0.000840. The number of rotatable bonds is 19. The van der Waals surface area contributed by atoms with Gasteiger partial charge >= 0.3 is 5.97 Å². The van der Waals surface area contributed by atoms with Gasteiger partial charge in [0.15, 0.2) is 0 Å². The van der Waals surface area contributed by atoms with Crippen LogP contribution >= 0.6 is 0 Å². The Kier molecular flexibility index (Phi) is 17.2. The number of amides is 3. The Morgan fingerprint density at radius 3 is 2.08 bits per heavy atom. The fraction of sp³-hybridized carbons (Fsp3) is 0.737. The van der Waals surface area contributed by atoms with Crippen molar-refractivity contribution in [3.05, 3.63) is 35.9 Å². The second-order valence-corrected chi connectivity index (χ2v) is 14.6. The number of likely N-dealkylation sites (tertiary alicyclic amines) is 1. The largest absolute Gasteiger partial charge is 0.461 e. The van der Waals surface area contributed by atoms with Gasteiger partial charge in [-0.1, -0.05) is 78.3 Å². The first-order valence-electron chi connectivity index (χ1n) is 17.9. The molecule has 0 bridgehead atoms. The van der Waals surface area contributed by atoms with E-state index in [1.165, 1.54) is 0 Å². The van der Waals surface area contributed by atoms with Gasteiger partial charge in [-0.2, -0.15) is 0 Å². The lowest BCUT2D eigenvalue weighted by Gasteiger charge is -2.41. The summed E-state index contributed by atoms with van der Waals surface area (Å²) >= 11 is 0. The summed E-state index contributed by atoms with van der Waals surface area (Å²) in [5, 5.41) is 3.04. The molecule has 1 aromatic rings. The average Bonchev–Trinajstić information content (AvgIpc) is 3.55. The number of methoxy groups -OCH3 is 2. The van der Waals surface area contributed by atoms with Gasteiger partial charge in [-0.15, -0.1) is 0 Å². The number of carbonyl (C=O) groups excluding carboxylic acids is 4. The number of likely N-dealkylation sites (N-methyl/N-ethyl adjacent to an activating group) is 2. The molecule has 1 N–H and O–H groups in total. The third-order valence-corrected chi connectivity index (χ3v) is 10.1. The molecule has 1 aliphatic rings. The van der Waals surface area contributed by atoms with Crippen LogP contribution in [0, 0.1) is 23.7 Å². The maximum atomic E-state index is 14.2. The first-order valence-corrected chi connectivity index (χ1v) is 17.9. The molecule has 8 atom stereocenters. The molecule has 11 heteroatoms. The van der Waals surface area contributed by atoms with E-state index < -0.39 is 30.2 Å². The van der Waals surface area contributed by atoms with Gasteiger partial charge < -0.3 is 29.3 Å². The fourth-order valence-corrected chi connectivity index (χ4v) is 7.26. The van der Waals surface area contributed by atoms with Crippen molar-refractivity contribution < 1.29 is 33.4 Å². The zero-order chi connectivity index (χ0) is 37.0. The zero-order valence-electron chi connectivity index (χ0n) is 32.1. The van der Waals surface area contributed by atoms with Gasteiger partial charge in [0.1, 0.15) is 12.6 Å². The monoisotopic (exact) mass is 688 g/mol. The highest BCUT2D eigenvalue weighted by molar-refractivity contribution is 5.90. The van der Waals surface area contributed by atoms with Crippen molar-refractivity contribution in [1.29, 1.82) is 0 Å². The Labute approximate surface area is 295 Å². The van der Waals surface area contributed by atoms with E-state index in [9.17, 15) is 19.2 Å². The molecular formula is C38H64N4O7. The molecule has 1 saturated heterocycles. The molecular weight excluding hydrogens is 624 g/mol. The van der Waals surface area contributed by atoms with Crippen molar-refractivity contribution in [1.82, 2.24) is 20.0 Å². The van der Waals surface area contributed by atoms with Gasteiger partial charge in [0.2, 0.25) is 17.7 Å². The lowest BCUT2D eigenvalue weighted by Crippen LogP contribution is -2.59. The van der Waals surface area contributed by atoms with Crippen molar-refractivity contribution in [3.63, 3.8) is 0 Å². The van der Waals surface area contributed by atoms with E-state index in [1.807, 2.05) is 77.0 Å². The maximum Gasteiger partial charge on any atom is 0.311 e. The molecule has 0 radical (unpaired) electrons. The van der Waals surface area contributed by atoms with Crippen LogP contribution in [0.25, 0.3) is 0 Å². The van der Waals surface area contributed by atoms with Gasteiger partial charge in [0.25, 0.3) is 0 Å². The molecule has 0 aliphatic carbocycles. The summed E-state index contributed by atoms with van der Waals surface area (Å²) in [5.74, 6) is -1.59. The van der Waals surface area contributed by atoms with Crippen molar-refractivity contribution in [2.45, 2.75) is 117 Å². The molecule has 11 nitrogen and oxygen atoms in total. The molecule has 0 saturated carbocycles. The minimum atomic E-state index is -0.743. The molecule has 278 valence electrons. The predicted molar refractivity (Wildman–Crippen MR) is 191 cm³/mol. The molecule has 2 rings (SSSR count). The summed E-state index contributed by atoms with van der Waals surface area (Å²) in [7, 11) is 8.60. The highest BCUT2D eigenvalue weighted by Gasteiger charge is 2.43. The van der Waals surface area contributed by atoms with Crippen LogP contribution in [-0.4, -0.2) is 117 Å². The topological polar surface area (TPSA) is 118 Å². The summed E-state index contributed by atoms with van der Waals surface area (Å²) in [4.78, 5) is 60.0. The Hall–Kier alpha value is -3.02. The molecule has 0 aromatic heterocycles. The molecule has 1 fully saturated rings. The first-order chi connectivity index (χ1) is 23.1. The second kappa shape index (κ2) is 20.0. The third-order valence-electron chi connectivity index (χ3n) is 10.1. The number of nitrogens with one attached hydrogen (secondary N) is 1. The molecule has 1 heterocycles. The van der Waals surface area contributed by atoms with Gasteiger partial charge in [-0.05, 0) is 57.2 Å². The van der Waals surface area contributed by atoms with E-state index in [-0.39, 0.29) is 66.6 Å². The smallest absolute Gasteiger partial charge is 0.311 e. The van der Waals surface area contributed by atoms with E-state index in [0.717, 1.165) is 18.4 Å². The zero-order valence-corrected chi connectivity index (χ0v) is 32.1. The van der Waals surface area contributed by atoms with Crippen molar-refractivity contribution in [2.75, 3.05) is 41.9 Å². The highest BCUT2D eigenvalue weighted by Crippen LogP contribution is 2.30. The molecule has 0 spiro atoms. The van der Waals surface area contributed by atoms with Crippen LogP contribution in [0.2, 0.25) is 0 Å². The van der Waals surface area contributed by atoms with Gasteiger partial charge in [0, 0.05) is 27.8 Å². The van der Waals surface area contributed by atoms with Crippen LogP contribution in [0.5, 0.6) is 0 Å². The Balaban J connectivity index is 2.24. The third kappa shape index (κ3) is 11.2. The summed E-state index contributed by atoms with van der Waals surface area (Å²) in [6, 6.07) is 7.65. The number of ether oxygens (including phenoxy) is 3. The average molecular weight is 689 g/mol. The number of carbonyl (C=O) groups is 4. The number of esters is 1. The van der Waals surface area contributed by atoms with E-state index >= 15 is 0 Å². The standard InChI is InChI=1S/C38H64N4O7/c1-13-26(6)34(41(10)37(45)32(24(2)3)39-36(44)33(25(4)5)40(8)9)30(47-11)22-31(43)42-21-17-20-29(42)35(48-12)27(7)38(46)49-23-28-18-15-14-16-19-28/h14-16,18-19,24-27,29-30,32-35H,13,17,20-23H2,1-12H3,(H,39,44)/t26-,27+,29-,30+,32-,33-,34-,35+/m0/s1. The van der Waals surface area contributed by atoms with Crippen molar-refractivity contribution in [3.8, 4) is 0 Å². The fourth-order valence-electron chi connectivity index (χ4n) is 7.26. The summed E-state index contributed by atoms with van der Waals surface area (Å²) < 4.78 is 17.5. The molecule has 49 heavy (non-hydrogen) atoms. The van der Waals surface area contributed by atoms with Gasteiger partial charge in [-0.3, -0.25) is 24.1 Å². The molecule has 1 aromatic carbocycles. The summed E-state index contributed by atoms with van der Waals surface area (Å²) in [6.07, 6.45) is 1.15. The quantitative estimate of drug-likeness (QED) is 0.213. The maximum absolute atomic E-state index is 14.2. The van der Waals surface area contributed by atoms with Crippen molar-refractivity contribution >= 4 is 23.7 Å². The van der Waals surface area contributed by atoms with E-state index in [4.69, 9.17) is 14.2 Å². The number of hydrogen-bond acceptors (Lipinski definition) is 8. The van der Waals surface area contributed by atoms with Crippen LogP contribution < -0.4 is 5.32 Å². The molecule has 0 unspecified atom stereocenters. The van der Waals surface area contributed by atoms with Crippen LogP contribution in [0.15, 0.2) is 30.3 Å². The second-order valence-electron chi connectivity index (χ2n) is 14.6. The van der Waals surface area contributed by atoms with Crippen molar-refractivity contribution in [2.24, 2.45) is 23.7 Å². The van der Waals surface area contributed by atoms with E-state index in [1.54, 1.807) is 38.0 Å². The number of hydrogen-bond donors (Lipinski definition) is 1. The van der Waals surface area contributed by atoms with Crippen LogP contribution in [-0.2, 0) is 40.0 Å². The molecule has 3 amide bonds. The van der Waals surface area contributed by atoms with Crippen LogP contribution in [0.1, 0.15) is 79.7 Å². The van der Waals surface area contributed by atoms with E-state index in [2.05, 4.69) is 19.2 Å². The highest BCUT2D eigenvalue weighted by atomic mass is 16.5. The SMILES string of the molecule is CC[C@H](C)[C@@H]([C@@H](CC(=O)N1CCC[C@H]1[C@H](OC)[C@@H](C)C(=O)OCc1ccccc1)OC)N(C)C(=O)[C@@H](NC(=O)[C@H](C(C)C)N(C)C)C(C)C. The first kappa shape index (κ1) is 42.1. The van der Waals surface area contributed by atoms with Crippen LogP contribution in [0.4, 0.5) is 0 Å². The van der Waals surface area contributed by atoms with Crippen LogP contribution in [0.3, 0.4) is 0 Å². The predicted octanol–water partition coefficient (Wildman–Crippen LogP) is 4.38. The molecule has 1 aliphatic heterocycles. The Morgan fingerprint density at radius 1 is 0.939 bits per heavy atom. The lowest BCUT2D eigenvalue weighted by molar-refractivity contribution is -0.158. The Bertz CT molecular complexity index is 1190. The number of nitrogens with zero attached hydrogens (tertiary/aromatic N) is 3. The van der Waals surface area contributed by atoms with Gasteiger partial charge in [0.05, 0.1) is 42.7 Å². The van der Waals surface area contributed by atoms with Gasteiger partial charge in [-0.25, -0.2) is 0 Å². The Morgan fingerprint density at radius 2 is 1.57 bits per heavy atom. The number of benzene rings is 1. The van der Waals surface area contributed by atoms with E-state index in [0.29, 0.717) is 13.0 Å². The summed E-state index contributed by atoms with van der Waals surface area (Å²) in [5.41, 5.74) is 0.898. The normalized spacial score (nSPS) is 19.2. The lowest BCUT2D eigenvalue weighted by atomic mass is 9.89.